The third-order valence-corrected chi connectivity index (χ3v) is 5.74. The Labute approximate surface area is 165 Å². The fraction of sp³-hybridized carbons (Fsp3) is 0.524. The van der Waals surface area contributed by atoms with Gasteiger partial charge in [-0.05, 0) is 76.9 Å². The van der Waals surface area contributed by atoms with Crippen LogP contribution in [0.15, 0.2) is 24.3 Å². The summed E-state index contributed by atoms with van der Waals surface area (Å²) in [5.41, 5.74) is 2.57. The molecule has 28 heavy (non-hydrogen) atoms. The molecule has 0 spiro atoms. The summed E-state index contributed by atoms with van der Waals surface area (Å²) in [5, 5.41) is 7.21. The number of aryl methyl sites for hydroxylation is 2. The number of rotatable bonds is 4. The highest BCUT2D eigenvalue weighted by atomic mass is 19.1. The predicted octanol–water partition coefficient (Wildman–Crippen LogP) is 3.72. The van der Waals surface area contributed by atoms with E-state index in [2.05, 4.69) is 15.3 Å². The third-order valence-electron chi connectivity index (χ3n) is 5.74. The van der Waals surface area contributed by atoms with E-state index >= 15 is 0 Å². The fourth-order valence-corrected chi connectivity index (χ4v) is 4.38. The summed E-state index contributed by atoms with van der Waals surface area (Å²) in [6.45, 7) is 7.73. The minimum atomic E-state index is -0.404. The molecule has 0 saturated carbocycles. The standard InChI is InChI=1S/C21H28FN5O/c1-15-12-16(2)27(24-15)20-8-7-17(13-19(20)22)23-21(28)26-11-5-6-18(26)14-25-9-3-4-10-25/h7-8,12-13,18H,3-6,9-11,14H2,1-2H3,(H,23,28). The van der Waals surface area contributed by atoms with Crippen LogP contribution in [0.3, 0.4) is 0 Å². The zero-order chi connectivity index (χ0) is 19.7. The molecule has 1 N–H and O–H groups in total. The molecule has 1 atom stereocenters. The molecule has 150 valence electrons. The fourth-order valence-electron chi connectivity index (χ4n) is 4.38. The van der Waals surface area contributed by atoms with Gasteiger partial charge in [-0.2, -0.15) is 5.10 Å². The van der Waals surface area contributed by atoms with Crippen molar-refractivity contribution in [2.75, 3.05) is 31.5 Å². The first kappa shape index (κ1) is 18.9. The Balaban J connectivity index is 1.44. The van der Waals surface area contributed by atoms with Crippen LogP contribution in [0.1, 0.15) is 37.1 Å². The number of anilines is 1. The first-order chi connectivity index (χ1) is 13.5. The van der Waals surface area contributed by atoms with Crippen LogP contribution < -0.4 is 5.32 Å². The van der Waals surface area contributed by atoms with Gasteiger partial charge in [-0.3, -0.25) is 0 Å². The van der Waals surface area contributed by atoms with Crippen LogP contribution >= 0.6 is 0 Å². The average molecular weight is 385 g/mol. The lowest BCUT2D eigenvalue weighted by atomic mass is 10.2. The van der Waals surface area contributed by atoms with Crippen molar-refractivity contribution in [2.45, 2.75) is 45.6 Å². The average Bonchev–Trinajstić information content (AvgIpc) is 3.38. The van der Waals surface area contributed by atoms with Gasteiger partial charge < -0.3 is 15.1 Å². The molecule has 2 aliphatic rings. The maximum atomic E-state index is 14.7. The number of carbonyl (C=O) groups excluding carboxylic acids is 1. The number of likely N-dealkylation sites (tertiary alicyclic amines) is 2. The second-order valence-corrected chi connectivity index (χ2v) is 7.93. The molecule has 2 fully saturated rings. The van der Waals surface area contributed by atoms with Crippen LogP contribution in [-0.4, -0.2) is 57.8 Å². The summed E-state index contributed by atoms with van der Waals surface area (Å²) >= 11 is 0. The van der Waals surface area contributed by atoms with Gasteiger partial charge in [0.05, 0.1) is 5.69 Å². The van der Waals surface area contributed by atoms with Crippen molar-refractivity contribution in [3.8, 4) is 5.69 Å². The van der Waals surface area contributed by atoms with Crippen LogP contribution in [0.2, 0.25) is 0 Å². The van der Waals surface area contributed by atoms with E-state index < -0.39 is 5.82 Å². The first-order valence-electron chi connectivity index (χ1n) is 10.1. The van der Waals surface area contributed by atoms with Crippen molar-refractivity contribution in [3.05, 3.63) is 41.5 Å². The van der Waals surface area contributed by atoms with Crippen LogP contribution in [0.25, 0.3) is 5.69 Å². The smallest absolute Gasteiger partial charge is 0.320 e. The molecule has 1 aromatic heterocycles. The van der Waals surface area contributed by atoms with Gasteiger partial charge in [0, 0.05) is 30.5 Å². The van der Waals surface area contributed by atoms with Crippen LogP contribution in [0, 0.1) is 19.7 Å². The summed E-state index contributed by atoms with van der Waals surface area (Å²) in [5.74, 6) is -0.404. The van der Waals surface area contributed by atoms with Gasteiger partial charge in [0.15, 0.2) is 5.82 Å². The van der Waals surface area contributed by atoms with Crippen molar-refractivity contribution in [2.24, 2.45) is 0 Å². The van der Waals surface area contributed by atoms with Gasteiger partial charge in [-0.1, -0.05) is 0 Å². The molecule has 3 heterocycles. The van der Waals surface area contributed by atoms with Gasteiger partial charge >= 0.3 is 6.03 Å². The number of aromatic nitrogens is 2. The van der Waals surface area contributed by atoms with Crippen LogP contribution in [0.5, 0.6) is 0 Å². The summed E-state index contributed by atoms with van der Waals surface area (Å²) in [6, 6.07) is 6.78. The van der Waals surface area contributed by atoms with E-state index in [0.29, 0.717) is 11.4 Å². The molecular weight excluding hydrogens is 357 g/mol. The summed E-state index contributed by atoms with van der Waals surface area (Å²) in [6.07, 6.45) is 4.56. The molecule has 6 nitrogen and oxygen atoms in total. The van der Waals surface area contributed by atoms with Gasteiger partial charge in [-0.25, -0.2) is 13.9 Å². The number of nitrogens with zero attached hydrogens (tertiary/aromatic N) is 4. The van der Waals surface area contributed by atoms with Crippen molar-refractivity contribution >= 4 is 11.7 Å². The van der Waals surface area contributed by atoms with Crippen LogP contribution in [0.4, 0.5) is 14.9 Å². The zero-order valence-corrected chi connectivity index (χ0v) is 16.6. The van der Waals surface area contributed by atoms with Gasteiger partial charge in [0.1, 0.15) is 5.69 Å². The molecule has 7 heteroatoms. The maximum absolute atomic E-state index is 14.7. The SMILES string of the molecule is Cc1cc(C)n(-c2ccc(NC(=O)N3CCCC3CN3CCCC3)cc2F)n1. The molecule has 0 radical (unpaired) electrons. The Bertz CT molecular complexity index is 858. The van der Waals surface area contributed by atoms with Crippen LogP contribution in [-0.2, 0) is 0 Å². The van der Waals surface area contributed by atoms with Gasteiger partial charge in [-0.15, -0.1) is 0 Å². The van der Waals surface area contributed by atoms with Crippen molar-refractivity contribution in [3.63, 3.8) is 0 Å². The number of benzene rings is 1. The van der Waals surface area contributed by atoms with E-state index in [1.54, 1.807) is 16.8 Å². The molecule has 1 aromatic carbocycles. The first-order valence-corrected chi connectivity index (χ1v) is 10.1. The lowest BCUT2D eigenvalue weighted by Crippen LogP contribution is -2.44. The molecule has 0 aliphatic carbocycles. The van der Waals surface area contributed by atoms with E-state index in [4.69, 9.17) is 0 Å². The maximum Gasteiger partial charge on any atom is 0.322 e. The second kappa shape index (κ2) is 7.91. The highest BCUT2D eigenvalue weighted by Gasteiger charge is 2.31. The monoisotopic (exact) mass is 385 g/mol. The Morgan fingerprint density at radius 3 is 2.64 bits per heavy atom. The molecule has 2 saturated heterocycles. The predicted molar refractivity (Wildman–Crippen MR) is 107 cm³/mol. The molecule has 2 aliphatic heterocycles. The molecular formula is C21H28FN5O. The molecule has 2 amide bonds. The highest BCUT2D eigenvalue weighted by molar-refractivity contribution is 5.89. The Morgan fingerprint density at radius 2 is 1.96 bits per heavy atom. The lowest BCUT2D eigenvalue weighted by Gasteiger charge is -2.28. The summed E-state index contributed by atoms with van der Waals surface area (Å²) in [4.78, 5) is 17.1. The Kier molecular flexibility index (Phi) is 5.35. The van der Waals surface area contributed by atoms with E-state index in [9.17, 15) is 9.18 Å². The number of halogens is 1. The lowest BCUT2D eigenvalue weighted by molar-refractivity contribution is 0.186. The Morgan fingerprint density at radius 1 is 1.18 bits per heavy atom. The van der Waals surface area contributed by atoms with Gasteiger partial charge in [0.2, 0.25) is 0 Å². The van der Waals surface area contributed by atoms with Crippen molar-refractivity contribution in [1.82, 2.24) is 19.6 Å². The third kappa shape index (κ3) is 3.90. The van der Waals surface area contributed by atoms with E-state index in [1.165, 1.54) is 18.9 Å². The number of hydrogen-bond donors (Lipinski definition) is 1. The van der Waals surface area contributed by atoms with E-state index in [0.717, 1.165) is 50.4 Å². The molecule has 1 unspecified atom stereocenters. The minimum absolute atomic E-state index is 0.139. The van der Waals surface area contributed by atoms with E-state index in [1.807, 2.05) is 24.8 Å². The molecule has 0 bridgehead atoms. The summed E-state index contributed by atoms with van der Waals surface area (Å²) in [7, 11) is 0. The molecule has 2 aromatic rings. The Hall–Kier alpha value is -2.41. The highest BCUT2D eigenvalue weighted by Crippen LogP contribution is 2.23. The van der Waals surface area contributed by atoms with Crippen molar-refractivity contribution < 1.29 is 9.18 Å². The van der Waals surface area contributed by atoms with Gasteiger partial charge in [0.25, 0.3) is 0 Å². The van der Waals surface area contributed by atoms with E-state index in [-0.39, 0.29) is 12.1 Å². The normalized spacial score (nSPS) is 20.1. The summed E-state index contributed by atoms with van der Waals surface area (Å²) < 4.78 is 16.3. The number of urea groups is 1. The second-order valence-electron chi connectivity index (χ2n) is 7.93. The number of nitrogens with one attached hydrogen (secondary N) is 1. The minimum Gasteiger partial charge on any atom is -0.320 e. The number of carbonyl (C=O) groups is 1. The zero-order valence-electron chi connectivity index (χ0n) is 16.6. The van der Waals surface area contributed by atoms with Crippen molar-refractivity contribution in [1.29, 1.82) is 0 Å². The largest absolute Gasteiger partial charge is 0.322 e. The number of hydrogen-bond acceptors (Lipinski definition) is 3. The topological polar surface area (TPSA) is 53.4 Å². The quantitative estimate of drug-likeness (QED) is 0.873. The number of amides is 2. The molecule has 4 rings (SSSR count).